The minimum atomic E-state index is -0.0669. The molecule has 0 radical (unpaired) electrons. The minimum absolute atomic E-state index is 0.0669. The molecule has 1 aliphatic rings. The fourth-order valence-corrected chi connectivity index (χ4v) is 3.11. The highest BCUT2D eigenvalue weighted by atomic mass is 16.5. The molecule has 1 saturated heterocycles. The van der Waals surface area contributed by atoms with E-state index in [1.807, 2.05) is 54.6 Å². The molecule has 132 valence electrons. The van der Waals surface area contributed by atoms with E-state index in [1.165, 1.54) is 0 Å². The average Bonchev–Trinajstić information content (AvgIpc) is 2.64. The number of ether oxygens (including phenoxy) is 1. The second-order valence-electron chi connectivity index (χ2n) is 6.39. The van der Waals surface area contributed by atoms with Crippen molar-refractivity contribution in [3.63, 3.8) is 0 Å². The second kappa shape index (κ2) is 8.65. The Hall–Kier alpha value is -2.37. The first-order chi connectivity index (χ1) is 12.2. The van der Waals surface area contributed by atoms with Gasteiger partial charge in [0.05, 0.1) is 12.2 Å². The number of carbonyl (C=O) groups is 1. The van der Waals surface area contributed by atoms with E-state index in [4.69, 9.17) is 4.74 Å². The van der Waals surface area contributed by atoms with Crippen molar-refractivity contribution in [2.45, 2.75) is 12.8 Å². The number of likely N-dealkylation sites (tertiary alicyclic amines) is 1. The van der Waals surface area contributed by atoms with Gasteiger partial charge in [0, 0.05) is 13.2 Å². The molecule has 0 bridgehead atoms. The molecule has 0 aromatic heterocycles. The van der Waals surface area contributed by atoms with Crippen LogP contribution in [0.2, 0.25) is 0 Å². The van der Waals surface area contributed by atoms with E-state index < -0.39 is 0 Å². The van der Waals surface area contributed by atoms with Gasteiger partial charge in [-0.2, -0.15) is 0 Å². The summed E-state index contributed by atoms with van der Waals surface area (Å²) in [6.45, 7) is 2.18. The smallest absolute Gasteiger partial charge is 0.238 e. The Bertz CT molecular complexity index is 690. The Balaban J connectivity index is 1.61. The molecule has 1 aliphatic heterocycles. The largest absolute Gasteiger partial charge is 0.455 e. The Morgan fingerprint density at radius 3 is 2.72 bits per heavy atom. The van der Waals surface area contributed by atoms with Crippen LogP contribution in [-0.2, 0) is 4.79 Å². The number of hydrogen-bond acceptors (Lipinski definition) is 4. The summed E-state index contributed by atoms with van der Waals surface area (Å²) in [5, 5.41) is 12.3. The zero-order valence-electron chi connectivity index (χ0n) is 14.2. The summed E-state index contributed by atoms with van der Waals surface area (Å²) in [7, 11) is 0. The predicted octanol–water partition coefficient (Wildman–Crippen LogP) is 3.12. The summed E-state index contributed by atoms with van der Waals surface area (Å²) in [5.74, 6) is 1.55. The van der Waals surface area contributed by atoms with Crippen LogP contribution in [-0.4, -0.2) is 42.2 Å². The fraction of sp³-hybridized carbons (Fsp3) is 0.350. The van der Waals surface area contributed by atoms with Crippen molar-refractivity contribution < 1.29 is 14.6 Å². The summed E-state index contributed by atoms with van der Waals surface area (Å²) < 4.78 is 5.87. The maximum Gasteiger partial charge on any atom is 0.238 e. The van der Waals surface area contributed by atoms with Crippen LogP contribution in [0.1, 0.15) is 12.8 Å². The third-order valence-electron chi connectivity index (χ3n) is 4.36. The number of rotatable bonds is 6. The van der Waals surface area contributed by atoms with Gasteiger partial charge in [-0.05, 0) is 49.6 Å². The normalized spacial score (nSPS) is 17.9. The third kappa shape index (κ3) is 5.05. The Kier molecular flexibility index (Phi) is 6.04. The Labute approximate surface area is 148 Å². The van der Waals surface area contributed by atoms with E-state index in [2.05, 4.69) is 10.2 Å². The van der Waals surface area contributed by atoms with Gasteiger partial charge in [0.2, 0.25) is 5.91 Å². The molecule has 1 heterocycles. The van der Waals surface area contributed by atoms with E-state index in [0.29, 0.717) is 18.0 Å². The van der Waals surface area contributed by atoms with Gasteiger partial charge in [-0.1, -0.05) is 30.3 Å². The van der Waals surface area contributed by atoms with E-state index in [1.54, 1.807) is 0 Å². The molecule has 0 spiro atoms. The molecular formula is C20H24N2O3. The fourth-order valence-electron chi connectivity index (χ4n) is 3.11. The molecule has 5 heteroatoms. The maximum absolute atomic E-state index is 12.4. The van der Waals surface area contributed by atoms with Crippen LogP contribution < -0.4 is 10.1 Å². The van der Waals surface area contributed by atoms with Crippen molar-refractivity contribution in [2.75, 3.05) is 31.6 Å². The molecule has 3 rings (SSSR count). The van der Waals surface area contributed by atoms with Gasteiger partial charge in [0.1, 0.15) is 5.75 Å². The highest BCUT2D eigenvalue weighted by Gasteiger charge is 2.21. The highest BCUT2D eigenvalue weighted by Crippen LogP contribution is 2.29. The predicted molar refractivity (Wildman–Crippen MR) is 97.8 cm³/mol. The zero-order valence-corrected chi connectivity index (χ0v) is 14.2. The average molecular weight is 340 g/mol. The molecule has 1 fully saturated rings. The molecule has 2 N–H and O–H groups in total. The maximum atomic E-state index is 12.4. The molecule has 1 amide bonds. The van der Waals surface area contributed by atoms with E-state index in [0.717, 1.165) is 31.7 Å². The standard InChI is InChI=1S/C20H24N2O3/c23-15-16-7-6-12-22(13-16)14-20(24)21-18-10-4-5-11-19(18)25-17-8-2-1-3-9-17/h1-5,8-11,16,23H,6-7,12-15H2,(H,21,24). The number of nitrogens with zero attached hydrogens (tertiary/aromatic N) is 1. The molecule has 0 saturated carbocycles. The van der Waals surface area contributed by atoms with E-state index >= 15 is 0 Å². The number of hydrogen-bond donors (Lipinski definition) is 2. The number of aliphatic hydroxyl groups excluding tert-OH is 1. The second-order valence-corrected chi connectivity index (χ2v) is 6.39. The molecule has 2 aromatic carbocycles. The quantitative estimate of drug-likeness (QED) is 0.848. The van der Waals surface area contributed by atoms with Crippen molar-refractivity contribution in [1.29, 1.82) is 0 Å². The molecule has 1 unspecified atom stereocenters. The monoisotopic (exact) mass is 340 g/mol. The van der Waals surface area contributed by atoms with Crippen molar-refractivity contribution in [3.8, 4) is 11.5 Å². The van der Waals surface area contributed by atoms with Crippen LogP contribution in [0.4, 0.5) is 5.69 Å². The molecule has 5 nitrogen and oxygen atoms in total. The summed E-state index contributed by atoms with van der Waals surface area (Å²) in [4.78, 5) is 14.5. The van der Waals surface area contributed by atoms with Gasteiger partial charge in [0.15, 0.2) is 5.75 Å². The molecule has 0 aliphatic carbocycles. The number of anilines is 1. The van der Waals surface area contributed by atoms with Crippen LogP contribution in [0.5, 0.6) is 11.5 Å². The van der Waals surface area contributed by atoms with Crippen molar-refractivity contribution in [3.05, 3.63) is 54.6 Å². The van der Waals surface area contributed by atoms with Gasteiger partial charge in [-0.3, -0.25) is 9.69 Å². The van der Waals surface area contributed by atoms with Gasteiger partial charge in [-0.25, -0.2) is 0 Å². The van der Waals surface area contributed by atoms with Crippen molar-refractivity contribution in [1.82, 2.24) is 4.90 Å². The van der Waals surface area contributed by atoms with Gasteiger partial charge >= 0.3 is 0 Å². The SMILES string of the molecule is O=C(CN1CCCC(CO)C1)Nc1ccccc1Oc1ccccc1. The number of carbonyl (C=O) groups excluding carboxylic acids is 1. The molecule has 1 atom stereocenters. The summed E-state index contributed by atoms with van der Waals surface area (Å²) in [6, 6.07) is 16.9. The summed E-state index contributed by atoms with van der Waals surface area (Å²) >= 11 is 0. The van der Waals surface area contributed by atoms with Gasteiger partial charge in [0.25, 0.3) is 0 Å². The molecule has 25 heavy (non-hydrogen) atoms. The lowest BCUT2D eigenvalue weighted by molar-refractivity contribution is -0.117. The Morgan fingerprint density at radius 1 is 1.16 bits per heavy atom. The zero-order chi connectivity index (χ0) is 17.5. The van der Waals surface area contributed by atoms with Crippen LogP contribution in [0.15, 0.2) is 54.6 Å². The first-order valence-corrected chi connectivity index (χ1v) is 8.69. The number of amides is 1. The number of para-hydroxylation sites is 3. The molecule has 2 aromatic rings. The third-order valence-corrected chi connectivity index (χ3v) is 4.36. The van der Waals surface area contributed by atoms with Crippen LogP contribution in [0, 0.1) is 5.92 Å². The number of aliphatic hydroxyl groups is 1. The summed E-state index contributed by atoms with van der Waals surface area (Å²) in [5.41, 5.74) is 0.659. The van der Waals surface area contributed by atoms with E-state index in [9.17, 15) is 9.90 Å². The van der Waals surface area contributed by atoms with Gasteiger partial charge < -0.3 is 15.2 Å². The topological polar surface area (TPSA) is 61.8 Å². The molecular weight excluding hydrogens is 316 g/mol. The highest BCUT2D eigenvalue weighted by molar-refractivity contribution is 5.93. The lowest BCUT2D eigenvalue weighted by Crippen LogP contribution is -2.41. The lowest BCUT2D eigenvalue weighted by Gasteiger charge is -2.31. The van der Waals surface area contributed by atoms with Gasteiger partial charge in [-0.15, -0.1) is 0 Å². The first kappa shape index (κ1) is 17.5. The van der Waals surface area contributed by atoms with E-state index in [-0.39, 0.29) is 18.4 Å². The number of nitrogens with one attached hydrogen (secondary N) is 1. The Morgan fingerprint density at radius 2 is 1.92 bits per heavy atom. The minimum Gasteiger partial charge on any atom is -0.455 e. The lowest BCUT2D eigenvalue weighted by atomic mass is 9.99. The van der Waals surface area contributed by atoms with Crippen LogP contribution in [0.3, 0.4) is 0 Å². The van der Waals surface area contributed by atoms with Crippen molar-refractivity contribution in [2.24, 2.45) is 5.92 Å². The van der Waals surface area contributed by atoms with Crippen LogP contribution >= 0.6 is 0 Å². The summed E-state index contributed by atoms with van der Waals surface area (Å²) in [6.07, 6.45) is 2.05. The number of benzene rings is 2. The van der Waals surface area contributed by atoms with Crippen molar-refractivity contribution >= 4 is 11.6 Å². The number of piperidine rings is 1. The van der Waals surface area contributed by atoms with Crippen LogP contribution in [0.25, 0.3) is 0 Å². The first-order valence-electron chi connectivity index (χ1n) is 8.69.